The van der Waals surface area contributed by atoms with Crippen molar-refractivity contribution in [2.24, 2.45) is 23.7 Å². The number of pyridine rings is 1. The molecule has 0 N–H and O–H groups in total. The normalized spacial score (nSPS) is 12.1. The molecule has 0 aliphatic rings. The number of carbonyl (C=O) groups excluding carboxylic acids is 2. The Morgan fingerprint density at radius 1 is 0.863 bits per heavy atom. The number of ketones is 1. The molecule has 4 nitrogen and oxygen atoms in total. The van der Waals surface area contributed by atoms with Gasteiger partial charge in [-0.3, -0.25) is 9.78 Å². The summed E-state index contributed by atoms with van der Waals surface area (Å²) < 4.78 is 2.05. The topological polar surface area (TPSA) is 52.0 Å². The van der Waals surface area contributed by atoms with E-state index in [2.05, 4.69) is 70.7 Å². The highest BCUT2D eigenvalue weighted by Gasteiger charge is 2.19. The van der Waals surface area contributed by atoms with Gasteiger partial charge in [0.05, 0.1) is 12.1 Å². The zero-order valence-electron chi connectivity index (χ0n) is 35.4. The Balaban J connectivity index is 0. The average molecular weight is 726 g/mol. The van der Waals surface area contributed by atoms with Crippen LogP contribution in [0, 0.1) is 44.4 Å². The Hall–Kier alpha value is -2.72. The van der Waals surface area contributed by atoms with Crippen molar-refractivity contribution < 1.29 is 9.59 Å². The second-order valence-corrected chi connectivity index (χ2v) is 14.3. The molecular formula is C46H77ClN2O2. The van der Waals surface area contributed by atoms with Gasteiger partial charge in [0.15, 0.2) is 5.78 Å². The summed E-state index contributed by atoms with van der Waals surface area (Å²) in [5, 5.41) is 1.77. The van der Waals surface area contributed by atoms with E-state index in [1.807, 2.05) is 66.7 Å². The highest BCUT2D eigenvalue weighted by Crippen LogP contribution is 2.38. The standard InChI is InChI=1S/C18H17ClN2O.C11H24.C8H18.C7H12O.C2H6/c1-11-9-14(19)10-16-17(15-5-4-6-20-12(15)2)13(3)21(7-8-22)18(11)16;1-5-7-11(4)9-8-10(3)6-2;1-4-7-8(5-2)6-3;1-4-6(3)7(8)5-2;1-2/h4-6,8-10H,7H2,1-3H3;10-11H,5-9H2,1-4H3;8H,4-7H2,1-3H3;5-6H,2,4H2,1,3H3;1-2H3. The van der Waals surface area contributed by atoms with Gasteiger partial charge in [0.2, 0.25) is 0 Å². The van der Waals surface area contributed by atoms with E-state index in [-0.39, 0.29) is 11.7 Å². The summed E-state index contributed by atoms with van der Waals surface area (Å²) in [4.78, 5) is 26.1. The van der Waals surface area contributed by atoms with E-state index in [1.54, 1.807) is 6.20 Å². The first-order valence-electron chi connectivity index (χ1n) is 20.1. The van der Waals surface area contributed by atoms with Gasteiger partial charge in [-0.25, -0.2) is 0 Å². The first-order chi connectivity index (χ1) is 24.3. The zero-order chi connectivity index (χ0) is 39.5. The number of hydrogen-bond donors (Lipinski definition) is 0. The molecule has 5 heteroatoms. The number of allylic oxidation sites excluding steroid dienone is 1. The molecule has 2 aromatic heterocycles. The summed E-state index contributed by atoms with van der Waals surface area (Å²) in [6.07, 6.45) is 17.5. The average Bonchev–Trinajstić information content (AvgIpc) is 3.41. The largest absolute Gasteiger partial charge is 0.337 e. The van der Waals surface area contributed by atoms with E-state index < -0.39 is 0 Å². The predicted molar refractivity (Wildman–Crippen MR) is 228 cm³/mol. The Bertz CT molecular complexity index is 1370. The molecule has 1 aromatic carbocycles. The van der Waals surface area contributed by atoms with Crippen LogP contribution in [0.5, 0.6) is 0 Å². The van der Waals surface area contributed by atoms with Crippen LogP contribution in [-0.2, 0) is 16.1 Å². The van der Waals surface area contributed by atoms with Crippen molar-refractivity contribution >= 4 is 34.6 Å². The van der Waals surface area contributed by atoms with Gasteiger partial charge in [0.25, 0.3) is 0 Å². The van der Waals surface area contributed by atoms with Crippen molar-refractivity contribution in [3.63, 3.8) is 0 Å². The quantitative estimate of drug-likeness (QED) is 0.109. The van der Waals surface area contributed by atoms with Crippen molar-refractivity contribution in [3.8, 4) is 11.1 Å². The minimum atomic E-state index is 0.146. The fourth-order valence-electron chi connectivity index (χ4n) is 6.09. The van der Waals surface area contributed by atoms with Gasteiger partial charge in [-0.05, 0) is 74.8 Å². The summed E-state index contributed by atoms with van der Waals surface area (Å²) in [5.74, 6) is 3.20. The van der Waals surface area contributed by atoms with Crippen LogP contribution in [0.4, 0.5) is 0 Å². The number of aromatic nitrogens is 2. The van der Waals surface area contributed by atoms with Gasteiger partial charge >= 0.3 is 0 Å². The Labute approximate surface area is 320 Å². The summed E-state index contributed by atoms with van der Waals surface area (Å²) in [6.45, 7) is 33.8. The molecule has 0 spiro atoms. The third-order valence-electron chi connectivity index (χ3n) is 9.89. The van der Waals surface area contributed by atoms with E-state index in [9.17, 15) is 9.59 Å². The molecule has 0 bridgehead atoms. The third kappa shape index (κ3) is 18.6. The molecule has 51 heavy (non-hydrogen) atoms. The van der Waals surface area contributed by atoms with E-state index in [4.69, 9.17) is 11.6 Å². The van der Waals surface area contributed by atoms with E-state index in [1.165, 1.54) is 63.9 Å². The maximum absolute atomic E-state index is 11.1. The van der Waals surface area contributed by atoms with Crippen molar-refractivity contribution in [2.45, 2.75) is 168 Å². The van der Waals surface area contributed by atoms with Crippen LogP contribution in [0.1, 0.15) is 157 Å². The molecule has 290 valence electrons. The molecule has 0 saturated carbocycles. The minimum Gasteiger partial charge on any atom is -0.337 e. The number of aryl methyl sites for hydroxylation is 2. The van der Waals surface area contributed by atoms with Gasteiger partial charge in [-0.2, -0.15) is 0 Å². The van der Waals surface area contributed by atoms with Gasteiger partial charge in [-0.1, -0.05) is 158 Å². The lowest BCUT2D eigenvalue weighted by atomic mass is 9.94. The summed E-state index contributed by atoms with van der Waals surface area (Å²) in [7, 11) is 0. The molecular weight excluding hydrogens is 648 g/mol. The summed E-state index contributed by atoms with van der Waals surface area (Å²) in [5.41, 5.74) is 6.34. The van der Waals surface area contributed by atoms with E-state index >= 15 is 0 Å². The van der Waals surface area contributed by atoms with Crippen LogP contribution in [0.3, 0.4) is 0 Å². The maximum Gasteiger partial charge on any atom is 0.157 e. The minimum absolute atomic E-state index is 0.146. The Morgan fingerprint density at radius 2 is 1.45 bits per heavy atom. The van der Waals surface area contributed by atoms with Gasteiger partial charge in [0, 0.05) is 45.0 Å². The van der Waals surface area contributed by atoms with Gasteiger partial charge in [-0.15, -0.1) is 0 Å². The lowest BCUT2D eigenvalue weighted by Crippen LogP contribution is -2.04. The number of benzene rings is 1. The van der Waals surface area contributed by atoms with Crippen LogP contribution in [0.15, 0.2) is 43.1 Å². The molecule has 0 radical (unpaired) electrons. The van der Waals surface area contributed by atoms with Gasteiger partial charge < -0.3 is 9.36 Å². The lowest BCUT2D eigenvalue weighted by Gasteiger charge is -2.12. The molecule has 0 aliphatic carbocycles. The first-order valence-corrected chi connectivity index (χ1v) is 20.5. The number of carbonyl (C=O) groups is 2. The van der Waals surface area contributed by atoms with Crippen LogP contribution in [-0.4, -0.2) is 21.6 Å². The molecule has 2 heterocycles. The number of aldehydes is 1. The molecule has 3 unspecified atom stereocenters. The Kier molecular flexibility index (Phi) is 29.5. The second kappa shape index (κ2) is 29.8. The zero-order valence-corrected chi connectivity index (χ0v) is 36.2. The fraction of sp³-hybridized carbons (Fsp3) is 0.630. The number of hydrogen-bond acceptors (Lipinski definition) is 3. The van der Waals surface area contributed by atoms with E-state index in [0.717, 1.165) is 69.4 Å². The Morgan fingerprint density at radius 3 is 1.88 bits per heavy atom. The third-order valence-corrected chi connectivity index (χ3v) is 10.1. The van der Waals surface area contributed by atoms with Crippen molar-refractivity contribution in [1.82, 2.24) is 9.55 Å². The highest BCUT2D eigenvalue weighted by molar-refractivity contribution is 6.31. The van der Waals surface area contributed by atoms with Crippen LogP contribution < -0.4 is 0 Å². The number of fused-ring (bicyclic) bond motifs is 1. The number of nitrogens with zero attached hydrogens (tertiary/aromatic N) is 2. The molecule has 0 fully saturated rings. The monoisotopic (exact) mass is 725 g/mol. The highest BCUT2D eigenvalue weighted by atomic mass is 35.5. The second-order valence-electron chi connectivity index (χ2n) is 13.9. The molecule has 3 aromatic rings. The maximum atomic E-state index is 11.1. The molecule has 3 rings (SSSR count). The summed E-state index contributed by atoms with van der Waals surface area (Å²) in [6, 6.07) is 7.90. The number of halogens is 1. The number of rotatable bonds is 16. The van der Waals surface area contributed by atoms with Crippen molar-refractivity contribution in [2.75, 3.05) is 0 Å². The molecule has 0 saturated heterocycles. The molecule has 0 amide bonds. The fourth-order valence-corrected chi connectivity index (χ4v) is 6.36. The molecule has 0 aliphatic heterocycles. The first kappa shape index (κ1) is 50.4. The van der Waals surface area contributed by atoms with Crippen molar-refractivity contribution in [3.05, 3.63) is 65.1 Å². The molecule has 3 atom stereocenters. The predicted octanol–water partition coefficient (Wildman–Crippen LogP) is 14.8. The van der Waals surface area contributed by atoms with Crippen LogP contribution in [0.2, 0.25) is 5.02 Å². The van der Waals surface area contributed by atoms with Crippen LogP contribution in [0.25, 0.3) is 22.0 Å². The van der Waals surface area contributed by atoms with E-state index in [0.29, 0.717) is 11.6 Å². The summed E-state index contributed by atoms with van der Waals surface area (Å²) >= 11 is 6.27. The lowest BCUT2D eigenvalue weighted by molar-refractivity contribution is -0.117. The smallest absolute Gasteiger partial charge is 0.157 e. The SMILES string of the molecule is C=CC(=O)C(C)CC.CC.CCCC(C)CCC(C)CC.CCCC(CC)CC.Cc1ncccc1-c1c(C)n(CC=O)c2c(C)cc(Cl)cc12. The van der Waals surface area contributed by atoms with Crippen molar-refractivity contribution in [1.29, 1.82) is 0 Å². The van der Waals surface area contributed by atoms with Gasteiger partial charge in [0.1, 0.15) is 6.29 Å². The van der Waals surface area contributed by atoms with Crippen LogP contribution >= 0.6 is 11.6 Å².